The van der Waals surface area contributed by atoms with Crippen LogP contribution in [0.4, 0.5) is 0 Å². The molecule has 2 rings (SSSR count). The molecule has 0 aliphatic carbocycles. The maximum Gasteiger partial charge on any atom is 0.240 e. The number of hydrogen-bond acceptors (Lipinski definition) is 5. The Morgan fingerprint density at radius 2 is 1.96 bits per heavy atom. The number of nitrogens with one attached hydrogen (secondary N) is 1. The van der Waals surface area contributed by atoms with Crippen LogP contribution in [-0.2, 0) is 4.79 Å². The van der Waals surface area contributed by atoms with Crippen LogP contribution in [0.2, 0.25) is 10.0 Å². The number of nitrogens with zero attached hydrogens (tertiary/aromatic N) is 1. The van der Waals surface area contributed by atoms with Gasteiger partial charge in [0, 0.05) is 11.4 Å². The van der Waals surface area contributed by atoms with Gasteiger partial charge in [-0.25, -0.2) is 5.43 Å². The summed E-state index contributed by atoms with van der Waals surface area (Å²) in [5.41, 5.74) is 3.22. The van der Waals surface area contributed by atoms with Crippen molar-refractivity contribution < 1.29 is 19.0 Å². The van der Waals surface area contributed by atoms with Crippen molar-refractivity contribution in [2.24, 2.45) is 5.10 Å². The molecular formula is C19H19BrCl2N2O4. The Labute approximate surface area is 181 Å². The second-order valence-electron chi connectivity index (χ2n) is 5.56. The van der Waals surface area contributed by atoms with Gasteiger partial charge in [-0.15, -0.1) is 0 Å². The van der Waals surface area contributed by atoms with Crippen molar-refractivity contribution in [2.45, 2.75) is 12.8 Å². The zero-order valence-electron chi connectivity index (χ0n) is 15.3. The van der Waals surface area contributed by atoms with Gasteiger partial charge in [-0.05, 0) is 58.2 Å². The SMILES string of the molecule is COc1cc(/C=N/NC(=O)CCCOc2ccc(Cl)cc2Cl)cc(Br)c1OC. The Balaban J connectivity index is 1.78. The van der Waals surface area contributed by atoms with Crippen molar-refractivity contribution in [1.82, 2.24) is 5.43 Å². The van der Waals surface area contributed by atoms with Crippen LogP contribution in [0.25, 0.3) is 0 Å². The zero-order chi connectivity index (χ0) is 20.5. The number of carbonyl (C=O) groups is 1. The first-order valence-electron chi connectivity index (χ1n) is 8.26. The van der Waals surface area contributed by atoms with Crippen LogP contribution < -0.4 is 19.6 Å². The van der Waals surface area contributed by atoms with Crippen molar-refractivity contribution in [1.29, 1.82) is 0 Å². The van der Waals surface area contributed by atoms with Crippen molar-refractivity contribution >= 4 is 51.3 Å². The summed E-state index contributed by atoms with van der Waals surface area (Å²) in [6.07, 6.45) is 2.30. The molecule has 0 heterocycles. The van der Waals surface area contributed by atoms with E-state index >= 15 is 0 Å². The van der Waals surface area contributed by atoms with Gasteiger partial charge in [-0.2, -0.15) is 5.10 Å². The van der Waals surface area contributed by atoms with Gasteiger partial charge in [0.15, 0.2) is 11.5 Å². The molecule has 2 aromatic carbocycles. The molecule has 0 bridgehead atoms. The van der Waals surface area contributed by atoms with E-state index in [4.69, 9.17) is 37.4 Å². The Kier molecular flexibility index (Phi) is 8.89. The van der Waals surface area contributed by atoms with Gasteiger partial charge >= 0.3 is 0 Å². The average molecular weight is 490 g/mol. The molecule has 0 unspecified atom stereocenters. The maximum absolute atomic E-state index is 11.9. The normalized spacial score (nSPS) is 10.8. The second kappa shape index (κ2) is 11.1. The average Bonchev–Trinajstić information content (AvgIpc) is 2.66. The molecule has 150 valence electrons. The van der Waals surface area contributed by atoms with Gasteiger partial charge in [-0.1, -0.05) is 23.2 Å². The van der Waals surface area contributed by atoms with Crippen LogP contribution in [0.5, 0.6) is 17.2 Å². The third-order valence-electron chi connectivity index (χ3n) is 3.56. The Morgan fingerprint density at radius 3 is 2.64 bits per heavy atom. The monoisotopic (exact) mass is 488 g/mol. The van der Waals surface area contributed by atoms with Gasteiger partial charge in [0.1, 0.15) is 5.75 Å². The molecule has 0 aliphatic heterocycles. The number of halogens is 3. The summed E-state index contributed by atoms with van der Waals surface area (Å²) in [6, 6.07) is 8.54. The quantitative estimate of drug-likeness (QED) is 0.303. The van der Waals surface area contributed by atoms with Crippen molar-refractivity contribution in [3.8, 4) is 17.2 Å². The fraction of sp³-hybridized carbons (Fsp3) is 0.263. The Morgan fingerprint density at radius 1 is 1.18 bits per heavy atom. The maximum atomic E-state index is 11.9. The summed E-state index contributed by atoms with van der Waals surface area (Å²) in [5, 5.41) is 4.93. The second-order valence-corrected chi connectivity index (χ2v) is 7.26. The van der Waals surface area contributed by atoms with Gasteiger partial charge in [0.05, 0.1) is 36.5 Å². The highest BCUT2D eigenvalue weighted by molar-refractivity contribution is 9.10. The predicted molar refractivity (Wildman–Crippen MR) is 114 cm³/mol. The van der Waals surface area contributed by atoms with E-state index < -0.39 is 0 Å². The van der Waals surface area contributed by atoms with E-state index in [1.165, 1.54) is 6.21 Å². The van der Waals surface area contributed by atoms with E-state index in [9.17, 15) is 4.79 Å². The largest absolute Gasteiger partial charge is 0.493 e. The third kappa shape index (κ3) is 6.58. The summed E-state index contributed by atoms with van der Waals surface area (Å²) in [5.74, 6) is 1.46. The number of methoxy groups -OCH3 is 2. The molecule has 1 amide bonds. The van der Waals surface area contributed by atoms with Crippen LogP contribution in [0, 0.1) is 0 Å². The summed E-state index contributed by atoms with van der Waals surface area (Å²) < 4.78 is 16.8. The van der Waals surface area contributed by atoms with E-state index in [1.807, 2.05) is 0 Å². The molecule has 28 heavy (non-hydrogen) atoms. The highest BCUT2D eigenvalue weighted by Gasteiger charge is 2.09. The minimum absolute atomic E-state index is 0.221. The highest BCUT2D eigenvalue weighted by atomic mass is 79.9. The topological polar surface area (TPSA) is 69.2 Å². The molecule has 0 spiro atoms. The number of benzene rings is 2. The first-order chi connectivity index (χ1) is 13.4. The summed E-state index contributed by atoms with van der Waals surface area (Å²) in [6.45, 7) is 0.348. The molecule has 2 aromatic rings. The number of hydrazone groups is 1. The van der Waals surface area contributed by atoms with E-state index in [-0.39, 0.29) is 12.3 Å². The van der Waals surface area contributed by atoms with Crippen LogP contribution in [-0.4, -0.2) is 32.9 Å². The minimum atomic E-state index is -0.221. The standard InChI is InChI=1S/C19H19BrCl2N2O4/c1-26-17-9-12(8-14(20)19(17)27-2)11-23-24-18(25)4-3-7-28-16-6-5-13(21)10-15(16)22/h5-6,8-11H,3-4,7H2,1-2H3,(H,24,25)/b23-11+. The molecule has 0 aliphatic rings. The van der Waals surface area contributed by atoms with Crippen LogP contribution in [0.1, 0.15) is 18.4 Å². The summed E-state index contributed by atoms with van der Waals surface area (Å²) in [4.78, 5) is 11.9. The smallest absolute Gasteiger partial charge is 0.240 e. The van der Waals surface area contributed by atoms with Gasteiger partial charge in [0.2, 0.25) is 5.91 Å². The van der Waals surface area contributed by atoms with Gasteiger partial charge in [0.25, 0.3) is 0 Å². The van der Waals surface area contributed by atoms with E-state index in [0.29, 0.717) is 40.3 Å². The Bertz CT molecular complexity index is 862. The zero-order valence-corrected chi connectivity index (χ0v) is 18.4. The predicted octanol–water partition coefficient (Wildman–Crippen LogP) is 5.08. The molecular weight excluding hydrogens is 471 g/mol. The van der Waals surface area contributed by atoms with Crippen molar-refractivity contribution in [3.63, 3.8) is 0 Å². The van der Waals surface area contributed by atoms with E-state index in [0.717, 1.165) is 10.0 Å². The lowest BCUT2D eigenvalue weighted by Gasteiger charge is -2.10. The number of ether oxygens (including phenoxy) is 3. The minimum Gasteiger partial charge on any atom is -0.493 e. The highest BCUT2D eigenvalue weighted by Crippen LogP contribution is 2.35. The summed E-state index contributed by atoms with van der Waals surface area (Å²) in [7, 11) is 3.10. The molecule has 0 aromatic heterocycles. The first kappa shape index (κ1) is 22.3. The lowest BCUT2D eigenvalue weighted by molar-refractivity contribution is -0.121. The van der Waals surface area contributed by atoms with Gasteiger partial charge in [-0.3, -0.25) is 4.79 Å². The van der Waals surface area contributed by atoms with Gasteiger partial charge < -0.3 is 14.2 Å². The molecule has 9 heteroatoms. The summed E-state index contributed by atoms with van der Waals surface area (Å²) >= 11 is 15.3. The molecule has 0 saturated carbocycles. The van der Waals surface area contributed by atoms with Crippen LogP contribution >= 0.6 is 39.1 Å². The lowest BCUT2D eigenvalue weighted by Crippen LogP contribution is -2.18. The van der Waals surface area contributed by atoms with E-state index in [2.05, 4.69) is 26.5 Å². The molecule has 0 fully saturated rings. The third-order valence-corrected chi connectivity index (χ3v) is 4.68. The molecule has 0 atom stereocenters. The fourth-order valence-electron chi connectivity index (χ4n) is 2.25. The molecule has 1 N–H and O–H groups in total. The molecule has 0 radical (unpaired) electrons. The lowest BCUT2D eigenvalue weighted by atomic mass is 10.2. The number of hydrogen-bond donors (Lipinski definition) is 1. The Hall–Kier alpha value is -1.96. The van der Waals surface area contributed by atoms with E-state index in [1.54, 1.807) is 44.6 Å². The number of rotatable bonds is 9. The number of carbonyl (C=O) groups excluding carboxylic acids is 1. The first-order valence-corrected chi connectivity index (χ1v) is 9.80. The number of amides is 1. The molecule has 0 saturated heterocycles. The fourth-order valence-corrected chi connectivity index (χ4v) is 3.34. The van der Waals surface area contributed by atoms with Crippen molar-refractivity contribution in [2.75, 3.05) is 20.8 Å². The van der Waals surface area contributed by atoms with Crippen LogP contribution in [0.15, 0.2) is 39.9 Å². The van der Waals surface area contributed by atoms with Crippen molar-refractivity contribution in [3.05, 3.63) is 50.4 Å². The molecule has 6 nitrogen and oxygen atoms in total. The van der Waals surface area contributed by atoms with Crippen LogP contribution in [0.3, 0.4) is 0 Å².